The number of nitrogens with zero attached hydrogens (tertiary/aromatic N) is 1. The predicted molar refractivity (Wildman–Crippen MR) is 93.0 cm³/mol. The van der Waals surface area contributed by atoms with Crippen LogP contribution in [0.3, 0.4) is 0 Å². The van der Waals surface area contributed by atoms with Crippen molar-refractivity contribution >= 4 is 41.5 Å². The quantitative estimate of drug-likeness (QED) is 0.888. The molecule has 2 aliphatic heterocycles. The number of amides is 1. The van der Waals surface area contributed by atoms with Crippen molar-refractivity contribution in [1.29, 1.82) is 0 Å². The third-order valence-corrected chi connectivity index (χ3v) is 5.41. The average molecular weight is 364 g/mol. The van der Waals surface area contributed by atoms with E-state index in [9.17, 15) is 4.79 Å². The lowest BCUT2D eigenvalue weighted by molar-refractivity contribution is -0.132. The zero-order chi connectivity index (χ0) is 14.8. The van der Waals surface area contributed by atoms with Gasteiger partial charge in [0.05, 0.1) is 10.0 Å². The summed E-state index contributed by atoms with van der Waals surface area (Å²) in [5.41, 5.74) is 2.24. The van der Waals surface area contributed by atoms with E-state index in [4.69, 9.17) is 23.2 Å². The maximum atomic E-state index is 12.4. The van der Waals surface area contributed by atoms with Gasteiger partial charge in [0.25, 0.3) is 0 Å². The first-order valence-electron chi connectivity index (χ1n) is 7.59. The van der Waals surface area contributed by atoms with Gasteiger partial charge in [-0.1, -0.05) is 29.3 Å². The van der Waals surface area contributed by atoms with E-state index in [1.807, 2.05) is 17.0 Å². The van der Waals surface area contributed by atoms with Gasteiger partial charge in [-0.15, -0.1) is 12.4 Å². The number of benzene rings is 1. The van der Waals surface area contributed by atoms with Crippen LogP contribution < -0.4 is 5.32 Å². The second kappa shape index (κ2) is 7.87. The summed E-state index contributed by atoms with van der Waals surface area (Å²) in [5.74, 6) is 0.929. The Labute approximate surface area is 147 Å². The molecule has 0 bridgehead atoms. The summed E-state index contributed by atoms with van der Waals surface area (Å²) < 4.78 is 0. The number of rotatable bonds is 3. The van der Waals surface area contributed by atoms with Crippen LogP contribution in [0.2, 0.25) is 10.0 Å². The van der Waals surface area contributed by atoms with Crippen molar-refractivity contribution in [2.24, 2.45) is 5.92 Å². The lowest BCUT2D eigenvalue weighted by atomic mass is 9.98. The average Bonchev–Trinajstić information content (AvgIpc) is 3.01. The lowest BCUT2D eigenvalue weighted by Gasteiger charge is -2.30. The van der Waals surface area contributed by atoms with Gasteiger partial charge in [0.15, 0.2) is 0 Å². The molecule has 122 valence electrons. The molecule has 0 aliphatic carbocycles. The number of carbonyl (C=O) groups excluding carboxylic acids is 1. The van der Waals surface area contributed by atoms with E-state index >= 15 is 0 Å². The van der Waals surface area contributed by atoms with Crippen molar-refractivity contribution in [2.75, 3.05) is 19.6 Å². The number of fused-ring (bicyclic) bond motifs is 1. The van der Waals surface area contributed by atoms with E-state index in [1.165, 1.54) is 6.42 Å². The maximum absolute atomic E-state index is 12.4. The summed E-state index contributed by atoms with van der Waals surface area (Å²) >= 11 is 12.3. The summed E-state index contributed by atoms with van der Waals surface area (Å²) in [7, 11) is 0. The van der Waals surface area contributed by atoms with Gasteiger partial charge >= 0.3 is 0 Å². The van der Waals surface area contributed by atoms with E-state index < -0.39 is 0 Å². The van der Waals surface area contributed by atoms with Gasteiger partial charge in [-0.2, -0.15) is 0 Å². The van der Waals surface area contributed by atoms with Crippen LogP contribution in [0.1, 0.15) is 30.4 Å². The fourth-order valence-electron chi connectivity index (χ4n) is 3.24. The third kappa shape index (κ3) is 3.88. The predicted octanol–water partition coefficient (Wildman–Crippen LogP) is 3.69. The first-order valence-corrected chi connectivity index (χ1v) is 8.35. The van der Waals surface area contributed by atoms with Crippen LogP contribution in [0.5, 0.6) is 0 Å². The molecule has 1 saturated heterocycles. The first kappa shape index (κ1) is 17.9. The minimum atomic E-state index is 0. The van der Waals surface area contributed by atoms with Crippen molar-refractivity contribution in [3.05, 3.63) is 33.3 Å². The summed E-state index contributed by atoms with van der Waals surface area (Å²) in [5, 5.41) is 4.60. The molecule has 0 saturated carbocycles. The maximum Gasteiger partial charge on any atom is 0.222 e. The highest BCUT2D eigenvalue weighted by molar-refractivity contribution is 6.42. The first-order chi connectivity index (χ1) is 10.1. The van der Waals surface area contributed by atoms with Crippen molar-refractivity contribution in [3.8, 4) is 0 Å². The molecule has 3 nitrogen and oxygen atoms in total. The summed E-state index contributed by atoms with van der Waals surface area (Å²) in [6, 6.07) is 3.81. The van der Waals surface area contributed by atoms with Crippen molar-refractivity contribution in [3.63, 3.8) is 0 Å². The van der Waals surface area contributed by atoms with E-state index in [-0.39, 0.29) is 18.3 Å². The van der Waals surface area contributed by atoms with Gasteiger partial charge in [0, 0.05) is 19.5 Å². The van der Waals surface area contributed by atoms with Gasteiger partial charge < -0.3 is 10.2 Å². The van der Waals surface area contributed by atoms with Crippen LogP contribution in [0, 0.1) is 5.92 Å². The molecule has 2 aliphatic rings. The molecule has 1 fully saturated rings. The summed E-state index contributed by atoms with van der Waals surface area (Å²) in [6.45, 7) is 3.56. The zero-order valence-corrected chi connectivity index (χ0v) is 14.7. The highest BCUT2D eigenvalue weighted by Crippen LogP contribution is 2.32. The molecule has 1 atom stereocenters. The smallest absolute Gasteiger partial charge is 0.222 e. The van der Waals surface area contributed by atoms with Crippen LogP contribution in [-0.4, -0.2) is 30.4 Å². The molecular weight excluding hydrogens is 343 g/mol. The Bertz CT molecular complexity index is 544. The molecule has 0 radical (unpaired) electrons. The van der Waals surface area contributed by atoms with Gasteiger partial charge in [0.2, 0.25) is 5.91 Å². The number of carbonyl (C=O) groups is 1. The molecule has 6 heteroatoms. The molecule has 2 heterocycles. The minimum Gasteiger partial charge on any atom is -0.338 e. The number of hydrogen-bond donors (Lipinski definition) is 1. The fraction of sp³-hybridized carbons (Fsp3) is 0.562. The monoisotopic (exact) mass is 362 g/mol. The second-order valence-corrected chi connectivity index (χ2v) is 6.75. The molecule has 22 heavy (non-hydrogen) atoms. The van der Waals surface area contributed by atoms with Gasteiger partial charge in [-0.25, -0.2) is 0 Å². The highest BCUT2D eigenvalue weighted by Gasteiger charge is 2.24. The Kier molecular flexibility index (Phi) is 6.39. The highest BCUT2D eigenvalue weighted by atomic mass is 35.5. The molecule has 1 amide bonds. The van der Waals surface area contributed by atoms with Gasteiger partial charge in [0.1, 0.15) is 0 Å². The second-order valence-electron chi connectivity index (χ2n) is 5.96. The van der Waals surface area contributed by atoms with Crippen LogP contribution >= 0.6 is 35.6 Å². The number of halogens is 3. The lowest BCUT2D eigenvalue weighted by Crippen LogP contribution is -2.36. The Balaban J connectivity index is 0.00000176. The zero-order valence-electron chi connectivity index (χ0n) is 12.4. The van der Waals surface area contributed by atoms with Crippen LogP contribution in [-0.2, 0) is 17.8 Å². The van der Waals surface area contributed by atoms with Crippen molar-refractivity contribution in [1.82, 2.24) is 10.2 Å². The number of nitrogens with one attached hydrogen (secondary N) is 1. The van der Waals surface area contributed by atoms with Gasteiger partial charge in [-0.3, -0.25) is 4.79 Å². The topological polar surface area (TPSA) is 32.3 Å². The van der Waals surface area contributed by atoms with Crippen LogP contribution in [0.25, 0.3) is 0 Å². The molecule has 1 unspecified atom stereocenters. The van der Waals surface area contributed by atoms with E-state index in [0.29, 0.717) is 28.9 Å². The van der Waals surface area contributed by atoms with Gasteiger partial charge in [-0.05, 0) is 55.5 Å². The number of hydrogen-bond acceptors (Lipinski definition) is 2. The molecule has 0 aromatic heterocycles. The minimum absolute atomic E-state index is 0. The summed E-state index contributed by atoms with van der Waals surface area (Å²) in [6.07, 6.45) is 3.65. The SMILES string of the molecule is Cl.O=C(CCC1CCNC1)N1CCc2c(ccc(Cl)c2Cl)C1. The molecule has 1 aromatic rings. The van der Waals surface area contributed by atoms with E-state index in [1.54, 1.807) is 0 Å². The van der Waals surface area contributed by atoms with Crippen molar-refractivity contribution in [2.45, 2.75) is 32.2 Å². The third-order valence-electron chi connectivity index (χ3n) is 4.57. The van der Waals surface area contributed by atoms with Crippen LogP contribution in [0.4, 0.5) is 0 Å². The van der Waals surface area contributed by atoms with Crippen LogP contribution in [0.15, 0.2) is 12.1 Å². The Morgan fingerprint density at radius 2 is 2.18 bits per heavy atom. The van der Waals surface area contributed by atoms with E-state index in [0.717, 1.165) is 43.6 Å². The largest absolute Gasteiger partial charge is 0.338 e. The Morgan fingerprint density at radius 3 is 2.91 bits per heavy atom. The molecule has 3 rings (SSSR count). The molecule has 0 spiro atoms. The van der Waals surface area contributed by atoms with E-state index in [2.05, 4.69) is 5.32 Å². The molecule has 1 aromatic carbocycles. The Morgan fingerprint density at radius 1 is 1.36 bits per heavy atom. The normalized spacial score (nSPS) is 20.5. The fourth-order valence-corrected chi connectivity index (χ4v) is 3.70. The standard InChI is InChI=1S/C16H20Cl2N2O.ClH/c17-14-3-2-12-10-20(8-6-13(12)16(14)18)15(21)4-1-11-5-7-19-9-11;/h2-3,11,19H,1,4-10H2;1H. The Hall–Kier alpha value is -0.480. The molecule has 1 N–H and O–H groups in total. The van der Waals surface area contributed by atoms with Crippen molar-refractivity contribution < 1.29 is 4.79 Å². The molecular formula is C16H21Cl3N2O. The summed E-state index contributed by atoms with van der Waals surface area (Å²) in [4.78, 5) is 14.3.